The molecule has 1 spiro atoms. The Morgan fingerprint density at radius 1 is 1.30 bits per heavy atom. The summed E-state index contributed by atoms with van der Waals surface area (Å²) >= 11 is 0. The van der Waals surface area contributed by atoms with Crippen LogP contribution in [-0.2, 0) is 23.9 Å². The van der Waals surface area contributed by atoms with Crippen LogP contribution in [0.2, 0.25) is 0 Å². The van der Waals surface area contributed by atoms with Crippen molar-refractivity contribution in [3.8, 4) is 0 Å². The van der Waals surface area contributed by atoms with E-state index in [-0.39, 0.29) is 23.4 Å². The van der Waals surface area contributed by atoms with Gasteiger partial charge in [-0.1, -0.05) is 13.0 Å². The van der Waals surface area contributed by atoms with Gasteiger partial charge in [-0.3, -0.25) is 9.59 Å². The molecule has 126 valence electrons. The molecule has 0 amide bonds. The predicted octanol–water partition coefficient (Wildman–Crippen LogP) is 2.09. The zero-order chi connectivity index (χ0) is 16.9. The first-order chi connectivity index (χ1) is 10.9. The van der Waals surface area contributed by atoms with Gasteiger partial charge in [-0.2, -0.15) is 0 Å². The topological polar surface area (TPSA) is 69.7 Å². The van der Waals surface area contributed by atoms with Crippen molar-refractivity contribution in [2.75, 3.05) is 14.2 Å². The van der Waals surface area contributed by atoms with Gasteiger partial charge in [0.1, 0.15) is 6.29 Å². The molecule has 2 bridgehead atoms. The van der Waals surface area contributed by atoms with Crippen LogP contribution in [0.5, 0.6) is 0 Å². The third kappa shape index (κ3) is 1.83. The van der Waals surface area contributed by atoms with Crippen molar-refractivity contribution < 1.29 is 23.9 Å². The van der Waals surface area contributed by atoms with E-state index in [1.807, 2.05) is 13.0 Å². The number of hydrogen-bond donors (Lipinski definition) is 0. The number of ketones is 2. The fraction of sp³-hybridized carbons (Fsp3) is 0.722. The Hall–Kier alpha value is -1.33. The summed E-state index contributed by atoms with van der Waals surface area (Å²) in [5, 5.41) is 0. The van der Waals surface area contributed by atoms with E-state index >= 15 is 0 Å². The van der Waals surface area contributed by atoms with E-state index in [1.54, 1.807) is 6.08 Å². The van der Waals surface area contributed by atoms with Crippen LogP contribution in [0.25, 0.3) is 0 Å². The van der Waals surface area contributed by atoms with Crippen LogP contribution in [0.4, 0.5) is 0 Å². The number of carbonyl (C=O) groups excluding carboxylic acids is 3. The number of rotatable bonds is 5. The molecule has 0 aromatic heterocycles. The Labute approximate surface area is 136 Å². The van der Waals surface area contributed by atoms with Gasteiger partial charge in [0.25, 0.3) is 0 Å². The third-order valence-corrected chi connectivity index (χ3v) is 6.58. The van der Waals surface area contributed by atoms with Crippen LogP contribution >= 0.6 is 0 Å². The molecule has 5 heteroatoms. The van der Waals surface area contributed by atoms with Crippen molar-refractivity contribution in [1.29, 1.82) is 0 Å². The largest absolute Gasteiger partial charge is 0.346 e. The molecule has 4 aliphatic rings. The Morgan fingerprint density at radius 3 is 2.61 bits per heavy atom. The highest BCUT2D eigenvalue weighted by Gasteiger charge is 2.72. The lowest BCUT2D eigenvalue weighted by Gasteiger charge is -2.63. The zero-order valence-corrected chi connectivity index (χ0v) is 14.0. The van der Waals surface area contributed by atoms with E-state index in [9.17, 15) is 14.4 Å². The van der Waals surface area contributed by atoms with Crippen molar-refractivity contribution >= 4 is 17.9 Å². The van der Waals surface area contributed by atoms with Crippen molar-refractivity contribution in [3.05, 3.63) is 12.2 Å². The standard InChI is InChI=1S/C18H24O5/c1-16(7-4-10-19)13-11-12-5-8-17(13,9-6-14(16)20)18(22-2,23-3)15(12)21/h6,9-10,12-13H,4-5,7-8,11H2,1-3H3/t12-,13?,16?,17-/m0/s1. The second-order valence-electron chi connectivity index (χ2n) is 7.27. The maximum absolute atomic E-state index is 12.9. The van der Waals surface area contributed by atoms with Crippen LogP contribution in [-0.4, -0.2) is 37.9 Å². The Balaban J connectivity index is 2.16. The minimum Gasteiger partial charge on any atom is -0.346 e. The van der Waals surface area contributed by atoms with Gasteiger partial charge in [0.2, 0.25) is 5.79 Å². The molecule has 2 unspecified atom stereocenters. The van der Waals surface area contributed by atoms with Crippen molar-refractivity contribution in [1.82, 2.24) is 0 Å². The number of methoxy groups -OCH3 is 2. The molecule has 5 nitrogen and oxygen atoms in total. The molecule has 3 fully saturated rings. The van der Waals surface area contributed by atoms with Crippen LogP contribution in [0.15, 0.2) is 12.2 Å². The molecule has 0 radical (unpaired) electrons. The van der Waals surface area contributed by atoms with Gasteiger partial charge in [-0.15, -0.1) is 0 Å². The Kier molecular flexibility index (Phi) is 3.84. The molecule has 3 saturated carbocycles. The normalized spacial score (nSPS) is 41.0. The summed E-state index contributed by atoms with van der Waals surface area (Å²) in [6.07, 6.45) is 7.34. The smallest absolute Gasteiger partial charge is 0.238 e. The molecule has 0 heterocycles. The van der Waals surface area contributed by atoms with Crippen LogP contribution in [0.1, 0.15) is 39.0 Å². The first-order valence-electron chi connectivity index (χ1n) is 8.24. The molecule has 0 aromatic rings. The number of aldehydes is 1. The van der Waals surface area contributed by atoms with Crippen molar-refractivity contribution in [2.45, 2.75) is 44.8 Å². The van der Waals surface area contributed by atoms with Crippen LogP contribution < -0.4 is 0 Å². The van der Waals surface area contributed by atoms with Gasteiger partial charge in [-0.05, 0) is 37.7 Å². The van der Waals surface area contributed by atoms with Gasteiger partial charge >= 0.3 is 0 Å². The van der Waals surface area contributed by atoms with E-state index in [2.05, 4.69) is 0 Å². The second-order valence-corrected chi connectivity index (χ2v) is 7.27. The summed E-state index contributed by atoms with van der Waals surface area (Å²) in [7, 11) is 3.00. The number of ether oxygens (including phenoxy) is 2. The lowest BCUT2D eigenvalue weighted by molar-refractivity contribution is -0.295. The number of fused-ring (bicyclic) bond motifs is 2. The summed E-state index contributed by atoms with van der Waals surface area (Å²) in [5.41, 5.74) is -1.29. The van der Waals surface area contributed by atoms with Crippen molar-refractivity contribution in [2.24, 2.45) is 22.7 Å². The van der Waals surface area contributed by atoms with Gasteiger partial charge in [-0.25, -0.2) is 0 Å². The number of allylic oxidation sites excluding steroid dienone is 1. The van der Waals surface area contributed by atoms with Gasteiger partial charge in [0.05, 0.1) is 5.41 Å². The maximum atomic E-state index is 12.9. The average molecular weight is 320 g/mol. The van der Waals surface area contributed by atoms with Crippen LogP contribution in [0, 0.1) is 22.7 Å². The summed E-state index contributed by atoms with van der Waals surface area (Å²) in [6, 6.07) is 0. The molecule has 4 aliphatic carbocycles. The average Bonchev–Trinajstić information content (AvgIpc) is 2.58. The Bertz CT molecular complexity index is 576. The highest BCUT2D eigenvalue weighted by Crippen LogP contribution is 2.66. The minimum absolute atomic E-state index is 0.0123. The molecule has 0 N–H and O–H groups in total. The molecule has 4 atom stereocenters. The predicted molar refractivity (Wildman–Crippen MR) is 82.6 cm³/mol. The molecular formula is C18H24O5. The quantitative estimate of drug-likeness (QED) is 0.573. The summed E-state index contributed by atoms with van der Waals surface area (Å²) in [4.78, 5) is 36.4. The minimum atomic E-state index is -1.32. The second kappa shape index (κ2) is 5.35. The Morgan fingerprint density at radius 2 is 2.00 bits per heavy atom. The molecule has 0 aliphatic heterocycles. The fourth-order valence-electron chi connectivity index (χ4n) is 5.38. The molecular weight excluding hydrogens is 296 g/mol. The first kappa shape index (κ1) is 16.5. The lowest BCUT2D eigenvalue weighted by Crippen LogP contribution is -2.71. The van der Waals surface area contributed by atoms with Gasteiger partial charge in [0, 0.05) is 32.0 Å². The molecule has 23 heavy (non-hydrogen) atoms. The first-order valence-corrected chi connectivity index (χ1v) is 8.24. The SMILES string of the molecule is COC1(OC)C(=O)[C@H]2CC[C@@]13C=CC(=O)C(C)(CCC=O)C3C2. The number of Topliss-reactive ketones (excluding diaryl/α,β-unsaturated/α-hetero) is 1. The summed E-state index contributed by atoms with van der Waals surface area (Å²) in [5.74, 6) is -1.49. The zero-order valence-electron chi connectivity index (χ0n) is 14.0. The van der Waals surface area contributed by atoms with E-state index in [0.717, 1.165) is 19.1 Å². The number of carbonyl (C=O) groups is 3. The summed E-state index contributed by atoms with van der Waals surface area (Å²) in [6.45, 7) is 1.93. The molecule has 0 aromatic carbocycles. The fourth-order valence-corrected chi connectivity index (χ4v) is 5.38. The summed E-state index contributed by atoms with van der Waals surface area (Å²) < 4.78 is 11.3. The highest BCUT2D eigenvalue weighted by molar-refractivity contribution is 5.99. The van der Waals surface area contributed by atoms with Crippen molar-refractivity contribution in [3.63, 3.8) is 0 Å². The lowest BCUT2D eigenvalue weighted by atomic mass is 9.43. The number of hydrogen-bond acceptors (Lipinski definition) is 5. The van der Waals surface area contributed by atoms with Gasteiger partial charge in [0.15, 0.2) is 11.6 Å². The van der Waals surface area contributed by atoms with E-state index in [1.165, 1.54) is 14.2 Å². The molecule has 4 rings (SSSR count). The maximum Gasteiger partial charge on any atom is 0.238 e. The van der Waals surface area contributed by atoms with E-state index < -0.39 is 16.6 Å². The van der Waals surface area contributed by atoms with Gasteiger partial charge < -0.3 is 14.3 Å². The monoisotopic (exact) mass is 320 g/mol. The highest BCUT2D eigenvalue weighted by atomic mass is 16.7. The molecule has 0 saturated heterocycles. The van der Waals surface area contributed by atoms with Crippen LogP contribution in [0.3, 0.4) is 0 Å². The van der Waals surface area contributed by atoms with E-state index in [4.69, 9.17) is 9.47 Å². The van der Waals surface area contributed by atoms with E-state index in [0.29, 0.717) is 19.3 Å². The third-order valence-electron chi connectivity index (χ3n) is 6.58.